The minimum Gasteiger partial charge on any atom is -0.483 e. The molecular weight excluding hydrogens is 435 g/mol. The summed E-state index contributed by atoms with van der Waals surface area (Å²) < 4.78 is 46.5. The molecule has 0 bridgehead atoms. The van der Waals surface area contributed by atoms with Gasteiger partial charge in [-0.25, -0.2) is 12.8 Å². The van der Waals surface area contributed by atoms with Gasteiger partial charge < -0.3 is 10.1 Å². The minimum atomic E-state index is -3.68. The zero-order valence-corrected chi connectivity index (χ0v) is 19.4. The SMILES string of the molecule is CCN(CC)S(=O)(=O)c1ccc(C)c(NC(=O)COc2ccc(F)c3c2C(=O)CC3C)c1. The van der Waals surface area contributed by atoms with Gasteiger partial charge in [-0.15, -0.1) is 0 Å². The van der Waals surface area contributed by atoms with Gasteiger partial charge in [0.1, 0.15) is 11.6 Å². The monoisotopic (exact) mass is 462 g/mol. The molecule has 9 heteroatoms. The van der Waals surface area contributed by atoms with Gasteiger partial charge in [0.25, 0.3) is 5.91 Å². The number of rotatable bonds is 8. The van der Waals surface area contributed by atoms with Crippen LogP contribution in [0.4, 0.5) is 10.1 Å². The molecule has 172 valence electrons. The number of ether oxygens (including phenoxy) is 1. The maximum Gasteiger partial charge on any atom is 0.262 e. The highest BCUT2D eigenvalue weighted by Gasteiger charge is 2.32. The summed E-state index contributed by atoms with van der Waals surface area (Å²) in [5.74, 6) is -1.28. The van der Waals surface area contributed by atoms with Crippen molar-refractivity contribution in [2.75, 3.05) is 25.0 Å². The fourth-order valence-electron chi connectivity index (χ4n) is 3.88. The number of hydrogen-bond donors (Lipinski definition) is 1. The molecule has 1 atom stereocenters. The zero-order chi connectivity index (χ0) is 23.6. The van der Waals surface area contributed by atoms with E-state index in [0.717, 1.165) is 0 Å². The lowest BCUT2D eigenvalue weighted by molar-refractivity contribution is -0.118. The van der Waals surface area contributed by atoms with Crippen molar-refractivity contribution in [2.24, 2.45) is 0 Å². The molecule has 0 radical (unpaired) electrons. The normalized spacial score (nSPS) is 15.7. The number of benzene rings is 2. The zero-order valence-electron chi connectivity index (χ0n) is 18.6. The number of hydrogen-bond acceptors (Lipinski definition) is 5. The first-order chi connectivity index (χ1) is 15.1. The van der Waals surface area contributed by atoms with Crippen molar-refractivity contribution in [3.05, 3.63) is 52.8 Å². The molecular formula is C23H27FN2O5S. The highest BCUT2D eigenvalue weighted by atomic mass is 32.2. The Hall–Kier alpha value is -2.78. The second-order valence-electron chi connectivity index (χ2n) is 7.77. The standard InChI is InChI=1S/C23H27FN2O5S/c1-5-26(6-2)32(29,30)16-8-7-14(3)18(12-16)25-21(28)13-31-20-10-9-17(24)22-15(4)11-19(27)23(20)22/h7-10,12,15H,5-6,11,13H2,1-4H3,(H,25,28). The van der Waals surface area contributed by atoms with Crippen molar-refractivity contribution >= 4 is 27.4 Å². The van der Waals surface area contributed by atoms with E-state index in [1.54, 1.807) is 33.8 Å². The average Bonchev–Trinajstić information content (AvgIpc) is 3.05. The van der Waals surface area contributed by atoms with Crippen LogP contribution in [-0.2, 0) is 14.8 Å². The van der Waals surface area contributed by atoms with Gasteiger partial charge in [0.2, 0.25) is 10.0 Å². The summed E-state index contributed by atoms with van der Waals surface area (Å²) in [7, 11) is -3.68. The van der Waals surface area contributed by atoms with Gasteiger partial charge in [-0.2, -0.15) is 4.31 Å². The average molecular weight is 463 g/mol. The molecule has 0 fully saturated rings. The number of halogens is 1. The van der Waals surface area contributed by atoms with Crippen LogP contribution < -0.4 is 10.1 Å². The Morgan fingerprint density at radius 2 is 1.91 bits per heavy atom. The lowest BCUT2D eigenvalue weighted by Crippen LogP contribution is -2.30. The highest BCUT2D eigenvalue weighted by Crippen LogP contribution is 2.39. The number of anilines is 1. The number of nitrogens with zero attached hydrogens (tertiary/aromatic N) is 1. The summed E-state index contributed by atoms with van der Waals surface area (Å²) in [4.78, 5) is 24.8. The summed E-state index contributed by atoms with van der Waals surface area (Å²) in [6.07, 6.45) is 0.200. The summed E-state index contributed by atoms with van der Waals surface area (Å²) >= 11 is 0. The second-order valence-corrected chi connectivity index (χ2v) is 9.70. The van der Waals surface area contributed by atoms with Gasteiger partial charge in [0.05, 0.1) is 10.5 Å². The number of nitrogens with one attached hydrogen (secondary N) is 1. The predicted molar refractivity (Wildman–Crippen MR) is 119 cm³/mol. The first kappa shape index (κ1) is 23.9. The number of sulfonamides is 1. The molecule has 32 heavy (non-hydrogen) atoms. The number of carbonyl (C=O) groups excluding carboxylic acids is 2. The van der Waals surface area contributed by atoms with E-state index in [1.807, 2.05) is 0 Å². The van der Waals surface area contributed by atoms with Crippen LogP contribution in [0.15, 0.2) is 35.2 Å². The topological polar surface area (TPSA) is 92.8 Å². The van der Waals surface area contributed by atoms with Crippen LogP contribution in [-0.4, -0.2) is 44.1 Å². The Morgan fingerprint density at radius 3 is 2.56 bits per heavy atom. The molecule has 0 saturated heterocycles. The summed E-state index contributed by atoms with van der Waals surface area (Å²) in [6, 6.07) is 7.12. The third-order valence-electron chi connectivity index (χ3n) is 5.60. The summed E-state index contributed by atoms with van der Waals surface area (Å²) in [5, 5.41) is 2.66. The molecule has 0 saturated carbocycles. The number of carbonyl (C=O) groups is 2. The second kappa shape index (κ2) is 9.38. The van der Waals surface area contributed by atoms with Crippen molar-refractivity contribution in [3.63, 3.8) is 0 Å². The largest absolute Gasteiger partial charge is 0.483 e. The van der Waals surface area contributed by atoms with Gasteiger partial charge in [-0.3, -0.25) is 9.59 Å². The summed E-state index contributed by atoms with van der Waals surface area (Å²) in [6.45, 7) is 7.29. The van der Waals surface area contributed by atoms with Crippen molar-refractivity contribution in [3.8, 4) is 5.75 Å². The fraction of sp³-hybridized carbons (Fsp3) is 0.391. The van der Waals surface area contributed by atoms with Crippen molar-refractivity contribution in [2.45, 2.75) is 44.9 Å². The Balaban J connectivity index is 1.76. The lowest BCUT2D eigenvalue weighted by atomic mass is 10.0. The molecule has 0 aromatic heterocycles. The number of fused-ring (bicyclic) bond motifs is 1. The molecule has 0 aliphatic heterocycles. The van der Waals surface area contributed by atoms with Crippen LogP contribution in [0, 0.1) is 12.7 Å². The van der Waals surface area contributed by atoms with E-state index in [-0.39, 0.29) is 34.3 Å². The van der Waals surface area contributed by atoms with Gasteiger partial charge in [0.15, 0.2) is 12.4 Å². The van der Waals surface area contributed by atoms with Crippen LogP contribution in [0.2, 0.25) is 0 Å². The van der Waals surface area contributed by atoms with E-state index in [2.05, 4.69) is 5.32 Å². The first-order valence-corrected chi connectivity index (χ1v) is 11.9. The highest BCUT2D eigenvalue weighted by molar-refractivity contribution is 7.89. The van der Waals surface area contributed by atoms with Crippen LogP contribution >= 0.6 is 0 Å². The minimum absolute atomic E-state index is 0.0824. The molecule has 1 amide bonds. The maximum absolute atomic E-state index is 14.1. The molecule has 7 nitrogen and oxygen atoms in total. The van der Waals surface area contributed by atoms with Gasteiger partial charge in [-0.05, 0) is 42.7 Å². The van der Waals surface area contributed by atoms with E-state index in [4.69, 9.17) is 4.74 Å². The summed E-state index contributed by atoms with van der Waals surface area (Å²) in [5.41, 5.74) is 1.54. The third-order valence-corrected chi connectivity index (χ3v) is 7.65. The predicted octanol–water partition coefficient (Wildman–Crippen LogP) is 3.87. The van der Waals surface area contributed by atoms with Crippen LogP contribution in [0.1, 0.15) is 54.6 Å². The van der Waals surface area contributed by atoms with Crippen LogP contribution in [0.5, 0.6) is 5.75 Å². The van der Waals surface area contributed by atoms with E-state index in [9.17, 15) is 22.4 Å². The van der Waals surface area contributed by atoms with E-state index in [0.29, 0.717) is 29.9 Å². The third kappa shape index (κ3) is 4.54. The van der Waals surface area contributed by atoms with E-state index >= 15 is 0 Å². The number of amides is 1. The first-order valence-electron chi connectivity index (χ1n) is 10.5. The lowest BCUT2D eigenvalue weighted by Gasteiger charge is -2.19. The maximum atomic E-state index is 14.1. The quantitative estimate of drug-likeness (QED) is 0.643. The Morgan fingerprint density at radius 1 is 1.22 bits per heavy atom. The van der Waals surface area contributed by atoms with Crippen LogP contribution in [0.25, 0.3) is 0 Å². The molecule has 2 aromatic carbocycles. The molecule has 1 aliphatic carbocycles. The molecule has 1 aliphatic rings. The van der Waals surface area contributed by atoms with Crippen molar-refractivity contribution in [1.82, 2.24) is 4.31 Å². The van der Waals surface area contributed by atoms with Crippen molar-refractivity contribution < 1.29 is 27.1 Å². The Kier molecular flexibility index (Phi) is 7.00. The molecule has 2 aromatic rings. The van der Waals surface area contributed by atoms with Crippen LogP contribution in [0.3, 0.4) is 0 Å². The molecule has 0 heterocycles. The smallest absolute Gasteiger partial charge is 0.262 e. The van der Waals surface area contributed by atoms with Crippen molar-refractivity contribution in [1.29, 1.82) is 0 Å². The van der Waals surface area contributed by atoms with E-state index < -0.39 is 28.4 Å². The molecule has 0 spiro atoms. The number of aryl methyl sites for hydroxylation is 1. The number of ketones is 1. The van der Waals surface area contributed by atoms with Gasteiger partial charge in [-0.1, -0.05) is 26.8 Å². The fourth-order valence-corrected chi connectivity index (χ4v) is 5.37. The van der Waals surface area contributed by atoms with E-state index in [1.165, 1.54) is 28.6 Å². The Bertz CT molecular complexity index is 1160. The Labute approximate surface area is 187 Å². The van der Waals surface area contributed by atoms with Gasteiger partial charge >= 0.3 is 0 Å². The molecule has 1 N–H and O–H groups in total. The number of Topliss-reactive ketones (excluding diaryl/α,β-unsaturated/α-hetero) is 1. The molecule has 1 unspecified atom stereocenters. The molecule has 3 rings (SSSR count). The van der Waals surface area contributed by atoms with Gasteiger partial charge in [0, 0.05) is 30.8 Å².